The lowest BCUT2D eigenvalue weighted by Crippen LogP contribution is -1.96. The molecule has 0 saturated heterocycles. The van der Waals surface area contributed by atoms with Gasteiger partial charge in [0.1, 0.15) is 0 Å². The first-order valence-corrected chi connectivity index (χ1v) is 3.07. The molecule has 1 heterocycles. The third-order valence-corrected chi connectivity index (χ3v) is 1.31. The summed E-state index contributed by atoms with van der Waals surface area (Å²) in [5, 5.41) is 17.8. The van der Waals surface area contributed by atoms with Crippen LogP contribution >= 0.6 is 0 Å². The topological polar surface area (TPSA) is 66.2 Å². The van der Waals surface area contributed by atoms with Gasteiger partial charge in [-0.05, 0) is 6.92 Å². The highest BCUT2D eigenvalue weighted by Gasteiger charge is 2.15. The molecule has 12 heavy (non-hydrogen) atoms. The zero-order valence-corrected chi connectivity index (χ0v) is 6.12. The first kappa shape index (κ1) is 8.63. The van der Waals surface area contributed by atoms with Crippen molar-refractivity contribution in [3.63, 3.8) is 0 Å². The van der Waals surface area contributed by atoms with E-state index < -0.39 is 24.0 Å². The van der Waals surface area contributed by atoms with Crippen LogP contribution in [0.15, 0.2) is 0 Å². The van der Waals surface area contributed by atoms with E-state index in [0.717, 1.165) is 0 Å². The van der Waals surface area contributed by atoms with Crippen LogP contribution in [0, 0.1) is 6.92 Å². The Labute approximate surface area is 66.5 Å². The van der Waals surface area contributed by atoms with Crippen molar-refractivity contribution in [2.75, 3.05) is 0 Å². The maximum Gasteiger partial charge on any atom is 0.297 e. The molecule has 0 aliphatic heterocycles. The molecule has 0 radical (unpaired) electrons. The molecule has 2 N–H and O–H groups in total. The molecular weight excluding hydrogens is 170 g/mol. The van der Waals surface area contributed by atoms with Crippen molar-refractivity contribution in [2.24, 2.45) is 0 Å². The SMILES string of the molecule is Cc1c(O)nc(C(F)F)nc1O. The largest absolute Gasteiger partial charge is 0.493 e. The van der Waals surface area contributed by atoms with Crippen LogP contribution in [0.5, 0.6) is 11.8 Å². The fourth-order valence-electron chi connectivity index (χ4n) is 0.607. The summed E-state index contributed by atoms with van der Waals surface area (Å²) in [6, 6.07) is 0. The fourth-order valence-corrected chi connectivity index (χ4v) is 0.607. The molecule has 0 aliphatic rings. The van der Waals surface area contributed by atoms with Gasteiger partial charge in [0.25, 0.3) is 6.43 Å². The maximum absolute atomic E-state index is 11.9. The van der Waals surface area contributed by atoms with Gasteiger partial charge in [0.2, 0.25) is 17.6 Å². The minimum absolute atomic E-state index is 0.0144. The number of hydrogen-bond acceptors (Lipinski definition) is 4. The second-order valence-corrected chi connectivity index (χ2v) is 2.15. The molecule has 0 amide bonds. The Morgan fingerprint density at radius 2 is 1.58 bits per heavy atom. The molecule has 0 bridgehead atoms. The van der Waals surface area contributed by atoms with Gasteiger partial charge in [0.15, 0.2) is 0 Å². The molecule has 0 spiro atoms. The van der Waals surface area contributed by atoms with Gasteiger partial charge in [-0.2, -0.15) is 9.97 Å². The van der Waals surface area contributed by atoms with Crippen LogP contribution in [0.25, 0.3) is 0 Å². The second kappa shape index (κ2) is 2.88. The summed E-state index contributed by atoms with van der Waals surface area (Å²) in [7, 11) is 0. The monoisotopic (exact) mass is 176 g/mol. The number of alkyl halides is 2. The fraction of sp³-hybridized carbons (Fsp3) is 0.333. The lowest BCUT2D eigenvalue weighted by Gasteiger charge is -2.02. The van der Waals surface area contributed by atoms with Gasteiger partial charge in [-0.3, -0.25) is 0 Å². The van der Waals surface area contributed by atoms with Crippen molar-refractivity contribution in [3.05, 3.63) is 11.4 Å². The van der Waals surface area contributed by atoms with E-state index in [-0.39, 0.29) is 5.56 Å². The van der Waals surface area contributed by atoms with E-state index >= 15 is 0 Å². The van der Waals surface area contributed by atoms with E-state index in [0.29, 0.717) is 0 Å². The Morgan fingerprint density at radius 1 is 1.17 bits per heavy atom. The van der Waals surface area contributed by atoms with Crippen LogP contribution in [-0.4, -0.2) is 20.2 Å². The molecule has 0 unspecified atom stereocenters. The van der Waals surface area contributed by atoms with E-state index in [1.165, 1.54) is 6.92 Å². The average Bonchev–Trinajstić information content (AvgIpc) is 1.99. The summed E-state index contributed by atoms with van der Waals surface area (Å²) in [6.45, 7) is 1.32. The molecule has 1 rings (SSSR count). The van der Waals surface area contributed by atoms with Gasteiger partial charge >= 0.3 is 0 Å². The quantitative estimate of drug-likeness (QED) is 0.673. The normalized spacial score (nSPS) is 10.7. The molecule has 66 valence electrons. The Balaban J connectivity index is 3.21. The van der Waals surface area contributed by atoms with Crippen LogP contribution in [-0.2, 0) is 0 Å². The van der Waals surface area contributed by atoms with Crippen LogP contribution < -0.4 is 0 Å². The third kappa shape index (κ3) is 1.41. The number of aromatic hydroxyl groups is 2. The minimum Gasteiger partial charge on any atom is -0.493 e. The highest BCUT2D eigenvalue weighted by molar-refractivity contribution is 5.31. The zero-order chi connectivity index (χ0) is 9.30. The van der Waals surface area contributed by atoms with Gasteiger partial charge in [0.05, 0.1) is 5.56 Å². The number of halogens is 2. The van der Waals surface area contributed by atoms with Gasteiger partial charge in [-0.1, -0.05) is 0 Å². The molecule has 6 heteroatoms. The van der Waals surface area contributed by atoms with Crippen molar-refractivity contribution in [3.8, 4) is 11.8 Å². The zero-order valence-electron chi connectivity index (χ0n) is 6.12. The van der Waals surface area contributed by atoms with E-state index in [1.54, 1.807) is 0 Å². The Bertz CT molecular complexity index is 281. The van der Waals surface area contributed by atoms with Crippen molar-refractivity contribution < 1.29 is 19.0 Å². The molecule has 0 fully saturated rings. The standard InChI is InChI=1S/C6H6F2N2O2/c1-2-5(11)9-4(3(7)8)10-6(2)12/h3H,1H3,(H2,9,10,11,12). The minimum atomic E-state index is -2.90. The number of aromatic nitrogens is 2. The number of rotatable bonds is 1. The lowest BCUT2D eigenvalue weighted by molar-refractivity contribution is 0.137. The van der Waals surface area contributed by atoms with Crippen LogP contribution in [0.4, 0.5) is 8.78 Å². The molecule has 0 aromatic carbocycles. The van der Waals surface area contributed by atoms with Crippen molar-refractivity contribution in [2.45, 2.75) is 13.3 Å². The maximum atomic E-state index is 11.9. The molecule has 4 nitrogen and oxygen atoms in total. The molecule has 0 atom stereocenters. The highest BCUT2D eigenvalue weighted by Crippen LogP contribution is 2.25. The summed E-state index contributed by atoms with van der Waals surface area (Å²) < 4.78 is 23.8. The first-order valence-electron chi connectivity index (χ1n) is 3.07. The van der Waals surface area contributed by atoms with Crippen LogP contribution in [0.1, 0.15) is 17.8 Å². The lowest BCUT2D eigenvalue weighted by atomic mass is 10.3. The van der Waals surface area contributed by atoms with Crippen molar-refractivity contribution in [1.82, 2.24) is 9.97 Å². The van der Waals surface area contributed by atoms with E-state index in [2.05, 4.69) is 9.97 Å². The van der Waals surface area contributed by atoms with E-state index in [1.807, 2.05) is 0 Å². The van der Waals surface area contributed by atoms with Gasteiger partial charge in [-0.15, -0.1) is 0 Å². The molecule has 0 saturated carbocycles. The number of nitrogens with zero attached hydrogens (tertiary/aromatic N) is 2. The smallest absolute Gasteiger partial charge is 0.297 e. The summed E-state index contributed by atoms with van der Waals surface area (Å²) in [6.07, 6.45) is -2.90. The molecule has 1 aromatic rings. The number of hydrogen-bond donors (Lipinski definition) is 2. The average molecular weight is 176 g/mol. The van der Waals surface area contributed by atoms with Crippen molar-refractivity contribution in [1.29, 1.82) is 0 Å². The Morgan fingerprint density at radius 3 is 1.92 bits per heavy atom. The molecule has 1 aromatic heterocycles. The predicted octanol–water partition coefficient (Wildman–Crippen LogP) is 1.13. The Hall–Kier alpha value is -1.46. The van der Waals surface area contributed by atoms with Gasteiger partial charge in [0, 0.05) is 0 Å². The van der Waals surface area contributed by atoms with Crippen LogP contribution in [0.3, 0.4) is 0 Å². The summed E-state index contributed by atoms with van der Waals surface area (Å²) in [5.74, 6) is -2.13. The predicted molar refractivity (Wildman–Crippen MR) is 35.1 cm³/mol. The molecular formula is C6H6F2N2O2. The summed E-state index contributed by atoms with van der Waals surface area (Å²) in [4.78, 5) is 6.14. The van der Waals surface area contributed by atoms with Crippen LogP contribution in [0.2, 0.25) is 0 Å². The van der Waals surface area contributed by atoms with Crippen molar-refractivity contribution >= 4 is 0 Å². The Kier molecular flexibility index (Phi) is 2.07. The summed E-state index contributed by atoms with van der Waals surface area (Å²) in [5.41, 5.74) is -0.0144. The first-order chi connectivity index (χ1) is 5.52. The van der Waals surface area contributed by atoms with Gasteiger partial charge in [-0.25, -0.2) is 8.78 Å². The third-order valence-electron chi connectivity index (χ3n) is 1.31. The molecule has 0 aliphatic carbocycles. The summed E-state index contributed by atoms with van der Waals surface area (Å²) >= 11 is 0. The van der Waals surface area contributed by atoms with E-state index in [9.17, 15) is 8.78 Å². The highest BCUT2D eigenvalue weighted by atomic mass is 19.3. The van der Waals surface area contributed by atoms with E-state index in [4.69, 9.17) is 10.2 Å². The van der Waals surface area contributed by atoms with Gasteiger partial charge < -0.3 is 10.2 Å². The second-order valence-electron chi connectivity index (χ2n) is 2.15.